The van der Waals surface area contributed by atoms with Gasteiger partial charge in [-0.15, -0.1) is 5.11 Å². The Morgan fingerprint density at radius 1 is 0.815 bits per heavy atom. The molecule has 27 heavy (non-hydrogen) atoms. The van der Waals surface area contributed by atoms with Gasteiger partial charge in [-0.3, -0.25) is 9.89 Å². The number of hydrogen-bond donors (Lipinski definition) is 1. The highest BCUT2D eigenvalue weighted by Crippen LogP contribution is 2.45. The molecule has 0 unspecified atom stereocenters. The number of hydrogen-bond acceptors (Lipinski definition) is 3. The zero-order valence-electron chi connectivity index (χ0n) is 13.4. The predicted octanol–water partition coefficient (Wildman–Crippen LogP) is 5.24. The Bertz CT molecular complexity index is 1010. The van der Waals surface area contributed by atoms with Gasteiger partial charge in [0.2, 0.25) is 0 Å². The second kappa shape index (κ2) is 6.78. The fraction of sp³-hybridized carbons (Fsp3) is 0.118. The van der Waals surface area contributed by atoms with Crippen LogP contribution in [0.2, 0.25) is 0 Å². The fourth-order valence-corrected chi connectivity index (χ4v) is 2.24. The van der Waals surface area contributed by atoms with Gasteiger partial charge in [-0.1, -0.05) is 36.4 Å². The van der Waals surface area contributed by atoms with Gasteiger partial charge in [0, 0.05) is 0 Å². The molecular formula is C17H11F5N4O. The maximum Gasteiger partial charge on any atom is 0.459 e. The number of azo groups is 1. The second-order valence-electron chi connectivity index (χ2n) is 5.42. The third kappa shape index (κ3) is 3.50. The Kier molecular flexibility index (Phi) is 4.64. The zero-order chi connectivity index (χ0) is 19.7. The van der Waals surface area contributed by atoms with E-state index < -0.39 is 29.0 Å². The molecule has 0 spiro atoms. The van der Waals surface area contributed by atoms with Crippen LogP contribution in [0.4, 0.5) is 33.3 Å². The molecule has 0 atom stereocenters. The van der Waals surface area contributed by atoms with Crippen LogP contribution in [-0.4, -0.2) is 16.0 Å². The van der Waals surface area contributed by atoms with Gasteiger partial charge in [0.1, 0.15) is 5.69 Å². The lowest BCUT2D eigenvalue weighted by Crippen LogP contribution is -2.34. The molecule has 3 aromatic rings. The van der Waals surface area contributed by atoms with E-state index in [1.807, 2.05) is 5.10 Å². The maximum absolute atomic E-state index is 13.9. The molecule has 140 valence electrons. The first kappa shape index (κ1) is 18.5. The van der Waals surface area contributed by atoms with Crippen LogP contribution >= 0.6 is 0 Å². The van der Waals surface area contributed by atoms with Crippen LogP contribution in [0.1, 0.15) is 5.69 Å². The summed E-state index contributed by atoms with van der Waals surface area (Å²) < 4.78 is 67.0. The first-order valence-corrected chi connectivity index (χ1v) is 7.54. The number of H-pyrrole nitrogens is 1. The zero-order valence-corrected chi connectivity index (χ0v) is 13.4. The van der Waals surface area contributed by atoms with Crippen molar-refractivity contribution in [3.05, 3.63) is 76.7 Å². The summed E-state index contributed by atoms with van der Waals surface area (Å²) in [5, 5.41) is 8.80. The smallest absolute Gasteiger partial charge is 0.287 e. The highest BCUT2D eigenvalue weighted by molar-refractivity contribution is 5.47. The van der Waals surface area contributed by atoms with Gasteiger partial charge in [0.05, 0.1) is 11.4 Å². The minimum atomic E-state index is -5.92. The van der Waals surface area contributed by atoms with Crippen molar-refractivity contribution >= 4 is 11.4 Å². The van der Waals surface area contributed by atoms with E-state index in [2.05, 4.69) is 10.2 Å². The van der Waals surface area contributed by atoms with Crippen molar-refractivity contribution < 1.29 is 22.0 Å². The summed E-state index contributed by atoms with van der Waals surface area (Å²) in [4.78, 5) is 12.5. The molecule has 0 aliphatic heterocycles. The van der Waals surface area contributed by atoms with E-state index in [1.165, 1.54) is 36.4 Å². The van der Waals surface area contributed by atoms with Gasteiger partial charge in [0.25, 0.3) is 5.56 Å². The Balaban J connectivity index is 2.19. The van der Waals surface area contributed by atoms with Crippen LogP contribution in [0.5, 0.6) is 0 Å². The number of para-hydroxylation sites is 1. The molecule has 0 amide bonds. The summed E-state index contributed by atoms with van der Waals surface area (Å²) in [7, 11) is 0. The molecule has 5 nitrogen and oxygen atoms in total. The molecule has 2 aromatic carbocycles. The van der Waals surface area contributed by atoms with Crippen molar-refractivity contribution in [2.45, 2.75) is 12.1 Å². The van der Waals surface area contributed by atoms with Crippen LogP contribution in [0.15, 0.2) is 75.7 Å². The Hall–Kier alpha value is -3.30. The van der Waals surface area contributed by atoms with Gasteiger partial charge in [-0.2, -0.15) is 27.1 Å². The van der Waals surface area contributed by atoms with Gasteiger partial charge in [-0.25, -0.2) is 4.68 Å². The maximum atomic E-state index is 13.9. The summed E-state index contributed by atoms with van der Waals surface area (Å²) in [6.07, 6.45) is -5.92. The Morgan fingerprint density at radius 2 is 1.37 bits per heavy atom. The number of benzene rings is 2. The van der Waals surface area contributed by atoms with Crippen LogP contribution in [-0.2, 0) is 5.92 Å². The highest BCUT2D eigenvalue weighted by atomic mass is 19.4. The molecule has 0 bridgehead atoms. The highest BCUT2D eigenvalue weighted by Gasteiger charge is 2.61. The molecule has 0 saturated carbocycles. The largest absolute Gasteiger partial charge is 0.459 e. The SMILES string of the molecule is O=c1c(N=Nc2ccccc2)c(C(F)(F)C(F)(F)F)[nH]n1-c1ccccc1. The number of aromatic amines is 1. The number of halogens is 5. The van der Waals surface area contributed by atoms with E-state index >= 15 is 0 Å². The second-order valence-corrected chi connectivity index (χ2v) is 5.42. The van der Waals surface area contributed by atoms with E-state index in [-0.39, 0.29) is 11.4 Å². The molecular weight excluding hydrogens is 371 g/mol. The van der Waals surface area contributed by atoms with Gasteiger partial charge in [0.15, 0.2) is 5.69 Å². The Labute approximate surface area is 148 Å². The van der Waals surface area contributed by atoms with E-state index in [4.69, 9.17) is 0 Å². The minimum Gasteiger partial charge on any atom is -0.287 e. The van der Waals surface area contributed by atoms with Crippen molar-refractivity contribution in [3.63, 3.8) is 0 Å². The average Bonchev–Trinajstić information content (AvgIpc) is 2.98. The first-order chi connectivity index (χ1) is 12.7. The van der Waals surface area contributed by atoms with Gasteiger partial charge < -0.3 is 0 Å². The monoisotopic (exact) mass is 382 g/mol. The first-order valence-electron chi connectivity index (χ1n) is 7.54. The molecule has 10 heteroatoms. The predicted molar refractivity (Wildman–Crippen MR) is 87.0 cm³/mol. The van der Waals surface area contributed by atoms with Crippen molar-refractivity contribution in [2.24, 2.45) is 10.2 Å². The molecule has 0 saturated heterocycles. The van der Waals surface area contributed by atoms with Gasteiger partial charge in [-0.05, 0) is 24.3 Å². The number of aromatic nitrogens is 2. The molecule has 1 N–H and O–H groups in total. The molecule has 1 aromatic heterocycles. The summed E-state index contributed by atoms with van der Waals surface area (Å²) in [5.74, 6) is -5.32. The lowest BCUT2D eigenvalue weighted by Gasteiger charge is -2.18. The van der Waals surface area contributed by atoms with Crippen LogP contribution in [0.25, 0.3) is 5.69 Å². The number of alkyl halides is 5. The Morgan fingerprint density at radius 3 is 1.93 bits per heavy atom. The van der Waals surface area contributed by atoms with Crippen molar-refractivity contribution in [1.29, 1.82) is 0 Å². The average molecular weight is 382 g/mol. The summed E-state index contributed by atoms with van der Waals surface area (Å²) in [6.45, 7) is 0. The van der Waals surface area contributed by atoms with Crippen LogP contribution in [0, 0.1) is 0 Å². The quantitative estimate of drug-likeness (QED) is 0.487. The molecule has 0 radical (unpaired) electrons. The molecule has 1 heterocycles. The van der Waals surface area contributed by atoms with Gasteiger partial charge >= 0.3 is 12.1 Å². The number of nitrogens with zero attached hydrogens (tertiary/aromatic N) is 3. The molecule has 0 fully saturated rings. The summed E-state index contributed by atoms with van der Waals surface area (Å²) in [5.41, 5.74) is -3.72. The van der Waals surface area contributed by atoms with E-state index in [1.54, 1.807) is 24.3 Å². The van der Waals surface area contributed by atoms with Crippen LogP contribution < -0.4 is 5.56 Å². The minimum absolute atomic E-state index is 0.0721. The van der Waals surface area contributed by atoms with Crippen LogP contribution in [0.3, 0.4) is 0 Å². The van der Waals surface area contributed by atoms with Crippen molar-refractivity contribution in [3.8, 4) is 5.69 Å². The molecule has 0 aliphatic carbocycles. The van der Waals surface area contributed by atoms with E-state index in [9.17, 15) is 26.7 Å². The molecule has 0 aliphatic rings. The number of rotatable bonds is 4. The topological polar surface area (TPSA) is 62.5 Å². The normalized spacial score (nSPS) is 12.6. The number of nitrogens with one attached hydrogen (secondary N) is 1. The fourth-order valence-electron chi connectivity index (χ4n) is 2.24. The van der Waals surface area contributed by atoms with Crippen molar-refractivity contribution in [1.82, 2.24) is 9.78 Å². The summed E-state index contributed by atoms with van der Waals surface area (Å²) >= 11 is 0. The lowest BCUT2D eigenvalue weighted by molar-refractivity contribution is -0.290. The third-order valence-electron chi connectivity index (χ3n) is 3.57. The summed E-state index contributed by atoms with van der Waals surface area (Å²) in [6, 6.07) is 15.0. The third-order valence-corrected chi connectivity index (χ3v) is 3.57. The van der Waals surface area contributed by atoms with Crippen molar-refractivity contribution in [2.75, 3.05) is 0 Å². The molecule has 3 rings (SSSR count). The standard InChI is InChI=1S/C17H11F5N4O/c18-16(19,17(20,21)22)14-13(24-23-11-7-3-1-4-8-11)15(27)26(25-14)12-9-5-2-6-10-12/h1-10,25H. The lowest BCUT2D eigenvalue weighted by atomic mass is 10.2. The van der Waals surface area contributed by atoms with E-state index in [0.717, 1.165) is 0 Å². The van der Waals surface area contributed by atoms with E-state index in [0.29, 0.717) is 4.68 Å².